The molecule has 0 bridgehead atoms. The molecule has 1 saturated carbocycles. The second-order valence-corrected chi connectivity index (χ2v) is 7.14. The van der Waals surface area contributed by atoms with Crippen molar-refractivity contribution in [1.82, 2.24) is 9.80 Å². The van der Waals surface area contributed by atoms with Crippen LogP contribution in [0.5, 0.6) is 0 Å². The number of rotatable bonds is 2. The largest absolute Gasteiger partial charge is 0.395 e. The molecule has 1 heterocycles. The number of nitrogens with zero attached hydrogens (tertiary/aromatic N) is 2. The summed E-state index contributed by atoms with van der Waals surface area (Å²) < 4.78 is 0. The van der Waals surface area contributed by atoms with Crippen LogP contribution in [0.15, 0.2) is 0 Å². The molecule has 0 aromatic carbocycles. The van der Waals surface area contributed by atoms with E-state index in [1.54, 1.807) is 0 Å². The molecule has 3 nitrogen and oxygen atoms in total. The minimum Gasteiger partial charge on any atom is -0.395 e. The standard InChI is InChI=1S/C15H30N2O/c1-15(2)11-16(3)14(10-18)9-17(12-15)13-7-5-4-6-8-13/h13-14,18H,4-12H2,1-3H3. The van der Waals surface area contributed by atoms with Crippen LogP contribution >= 0.6 is 0 Å². The van der Waals surface area contributed by atoms with Gasteiger partial charge in [-0.15, -0.1) is 0 Å². The molecule has 2 rings (SSSR count). The summed E-state index contributed by atoms with van der Waals surface area (Å²) in [6.45, 7) is 8.31. The fourth-order valence-electron chi connectivity index (χ4n) is 3.80. The maximum absolute atomic E-state index is 9.60. The predicted octanol–water partition coefficient (Wildman–Crippen LogP) is 1.95. The zero-order valence-corrected chi connectivity index (χ0v) is 12.4. The molecule has 1 saturated heterocycles. The van der Waals surface area contributed by atoms with Crippen molar-refractivity contribution in [2.75, 3.05) is 33.3 Å². The van der Waals surface area contributed by atoms with E-state index in [1.165, 1.54) is 38.6 Å². The highest BCUT2D eigenvalue weighted by Gasteiger charge is 2.35. The molecular formula is C15H30N2O. The Morgan fingerprint density at radius 2 is 1.78 bits per heavy atom. The predicted molar refractivity (Wildman–Crippen MR) is 75.7 cm³/mol. The van der Waals surface area contributed by atoms with Gasteiger partial charge in [0.2, 0.25) is 0 Å². The Labute approximate surface area is 112 Å². The molecule has 1 aliphatic heterocycles. The summed E-state index contributed by atoms with van der Waals surface area (Å²) in [5.74, 6) is 0. The van der Waals surface area contributed by atoms with E-state index in [0.717, 1.165) is 19.1 Å². The van der Waals surface area contributed by atoms with Crippen LogP contribution in [0.4, 0.5) is 0 Å². The number of aliphatic hydroxyl groups excluding tert-OH is 1. The number of aliphatic hydroxyl groups is 1. The minimum atomic E-state index is 0.288. The van der Waals surface area contributed by atoms with Gasteiger partial charge in [0.15, 0.2) is 0 Å². The fourth-order valence-corrected chi connectivity index (χ4v) is 3.80. The Kier molecular flexibility index (Phi) is 4.68. The molecule has 1 aliphatic carbocycles. The average molecular weight is 254 g/mol. The molecule has 0 radical (unpaired) electrons. The quantitative estimate of drug-likeness (QED) is 0.816. The second-order valence-electron chi connectivity index (χ2n) is 7.14. The van der Waals surface area contributed by atoms with E-state index in [1.807, 2.05) is 0 Å². The zero-order chi connectivity index (χ0) is 13.2. The van der Waals surface area contributed by atoms with Crippen LogP contribution in [-0.2, 0) is 0 Å². The van der Waals surface area contributed by atoms with Crippen molar-refractivity contribution in [3.05, 3.63) is 0 Å². The second kappa shape index (κ2) is 5.89. The first-order chi connectivity index (χ1) is 8.52. The first-order valence-electron chi connectivity index (χ1n) is 7.57. The van der Waals surface area contributed by atoms with Gasteiger partial charge in [-0.1, -0.05) is 33.1 Å². The van der Waals surface area contributed by atoms with E-state index in [-0.39, 0.29) is 6.61 Å². The van der Waals surface area contributed by atoms with E-state index >= 15 is 0 Å². The van der Waals surface area contributed by atoms with E-state index in [4.69, 9.17) is 0 Å². The van der Waals surface area contributed by atoms with Crippen LogP contribution in [0, 0.1) is 5.41 Å². The summed E-state index contributed by atoms with van der Waals surface area (Å²) in [5.41, 5.74) is 0.329. The van der Waals surface area contributed by atoms with Crippen LogP contribution in [0.3, 0.4) is 0 Å². The Morgan fingerprint density at radius 3 is 2.39 bits per heavy atom. The van der Waals surface area contributed by atoms with E-state index in [9.17, 15) is 5.11 Å². The van der Waals surface area contributed by atoms with Crippen LogP contribution in [0.2, 0.25) is 0 Å². The fraction of sp³-hybridized carbons (Fsp3) is 1.00. The molecule has 2 fully saturated rings. The van der Waals surface area contributed by atoms with Crippen molar-refractivity contribution in [3.63, 3.8) is 0 Å². The highest BCUT2D eigenvalue weighted by atomic mass is 16.3. The van der Waals surface area contributed by atoms with Gasteiger partial charge in [-0.3, -0.25) is 9.80 Å². The summed E-state index contributed by atoms with van der Waals surface area (Å²) in [6.07, 6.45) is 6.91. The first kappa shape index (κ1) is 14.3. The molecule has 106 valence electrons. The van der Waals surface area contributed by atoms with Gasteiger partial charge < -0.3 is 5.11 Å². The molecule has 0 spiro atoms. The van der Waals surface area contributed by atoms with Gasteiger partial charge >= 0.3 is 0 Å². The third-order valence-corrected chi connectivity index (χ3v) is 4.68. The summed E-state index contributed by atoms with van der Waals surface area (Å²) in [5, 5.41) is 9.60. The molecule has 1 atom stereocenters. The molecule has 1 N–H and O–H groups in total. The van der Waals surface area contributed by atoms with Gasteiger partial charge in [-0.25, -0.2) is 0 Å². The Hall–Kier alpha value is -0.120. The molecule has 2 aliphatic rings. The van der Waals surface area contributed by atoms with Crippen LogP contribution in [0.25, 0.3) is 0 Å². The molecule has 0 aromatic rings. The molecule has 3 heteroatoms. The minimum absolute atomic E-state index is 0.288. The van der Waals surface area contributed by atoms with Gasteiger partial charge in [0, 0.05) is 31.7 Å². The van der Waals surface area contributed by atoms with Crippen molar-refractivity contribution in [2.24, 2.45) is 5.41 Å². The Morgan fingerprint density at radius 1 is 1.11 bits per heavy atom. The van der Waals surface area contributed by atoms with Gasteiger partial charge in [0.1, 0.15) is 0 Å². The maximum Gasteiger partial charge on any atom is 0.0599 e. The molecular weight excluding hydrogens is 224 g/mol. The molecule has 1 unspecified atom stereocenters. The van der Waals surface area contributed by atoms with Crippen molar-refractivity contribution in [1.29, 1.82) is 0 Å². The molecule has 18 heavy (non-hydrogen) atoms. The summed E-state index contributed by atoms with van der Waals surface area (Å²) in [7, 11) is 2.16. The van der Waals surface area contributed by atoms with Crippen molar-refractivity contribution in [3.8, 4) is 0 Å². The summed E-state index contributed by atoms with van der Waals surface area (Å²) in [6, 6.07) is 1.08. The highest BCUT2D eigenvalue weighted by Crippen LogP contribution is 2.29. The number of likely N-dealkylation sites (N-methyl/N-ethyl adjacent to an activating group) is 1. The monoisotopic (exact) mass is 254 g/mol. The van der Waals surface area contributed by atoms with E-state index in [0.29, 0.717) is 11.5 Å². The number of hydrogen-bond acceptors (Lipinski definition) is 3. The smallest absolute Gasteiger partial charge is 0.0599 e. The number of hydrogen-bond donors (Lipinski definition) is 1. The lowest BCUT2D eigenvalue weighted by molar-refractivity contribution is 0.0991. The third kappa shape index (κ3) is 3.46. The SMILES string of the molecule is CN1CC(C)(C)CN(C2CCCCC2)CC1CO. The lowest BCUT2D eigenvalue weighted by Gasteiger charge is -2.37. The lowest BCUT2D eigenvalue weighted by atomic mass is 9.89. The van der Waals surface area contributed by atoms with Gasteiger partial charge in [-0.2, -0.15) is 0 Å². The normalized spacial score (nSPS) is 32.3. The Balaban J connectivity index is 2.07. The Bertz CT molecular complexity index is 261. The van der Waals surface area contributed by atoms with Gasteiger partial charge in [-0.05, 0) is 25.3 Å². The van der Waals surface area contributed by atoms with Crippen LogP contribution < -0.4 is 0 Å². The highest BCUT2D eigenvalue weighted by molar-refractivity contribution is 4.90. The van der Waals surface area contributed by atoms with Crippen LogP contribution in [0.1, 0.15) is 46.0 Å². The average Bonchev–Trinajstić information content (AvgIpc) is 2.45. The van der Waals surface area contributed by atoms with E-state index < -0.39 is 0 Å². The topological polar surface area (TPSA) is 26.7 Å². The molecule has 0 aromatic heterocycles. The van der Waals surface area contributed by atoms with Crippen molar-refractivity contribution in [2.45, 2.75) is 58.0 Å². The first-order valence-corrected chi connectivity index (χ1v) is 7.57. The van der Waals surface area contributed by atoms with Crippen molar-refractivity contribution < 1.29 is 5.11 Å². The maximum atomic E-state index is 9.60. The summed E-state index contributed by atoms with van der Waals surface area (Å²) >= 11 is 0. The summed E-state index contributed by atoms with van der Waals surface area (Å²) in [4.78, 5) is 5.02. The molecule has 0 amide bonds. The third-order valence-electron chi connectivity index (χ3n) is 4.68. The van der Waals surface area contributed by atoms with Gasteiger partial charge in [0.05, 0.1) is 6.61 Å². The zero-order valence-electron chi connectivity index (χ0n) is 12.4. The van der Waals surface area contributed by atoms with E-state index in [2.05, 4.69) is 30.7 Å². The van der Waals surface area contributed by atoms with Crippen LogP contribution in [-0.4, -0.2) is 60.3 Å². The van der Waals surface area contributed by atoms with Crippen molar-refractivity contribution >= 4 is 0 Å². The lowest BCUT2D eigenvalue weighted by Crippen LogP contribution is -2.45. The van der Waals surface area contributed by atoms with Gasteiger partial charge in [0.25, 0.3) is 0 Å².